The molecule has 0 N–H and O–H groups in total. The van der Waals surface area contributed by atoms with Gasteiger partial charge in [-0.15, -0.1) is 0 Å². The van der Waals surface area contributed by atoms with Gasteiger partial charge in [0.2, 0.25) is 5.78 Å². The Labute approximate surface area is 130 Å². The van der Waals surface area contributed by atoms with E-state index < -0.39 is 0 Å². The molecule has 0 saturated heterocycles. The largest absolute Gasteiger partial charge is 0.493 e. The number of rotatable bonds is 8. The van der Waals surface area contributed by atoms with Crippen LogP contribution in [0, 0.1) is 0 Å². The summed E-state index contributed by atoms with van der Waals surface area (Å²) in [4.78, 5) is 27.8. The third kappa shape index (κ3) is 4.65. The predicted octanol–water partition coefficient (Wildman–Crippen LogP) is 3.18. The predicted molar refractivity (Wildman–Crippen MR) is 84.2 cm³/mol. The third-order valence-electron chi connectivity index (χ3n) is 3.68. The lowest BCUT2D eigenvalue weighted by atomic mass is 9.96. The van der Waals surface area contributed by atoms with Crippen molar-refractivity contribution in [2.45, 2.75) is 38.5 Å². The molecule has 0 aromatic carbocycles. The van der Waals surface area contributed by atoms with Crippen molar-refractivity contribution in [3.63, 3.8) is 0 Å². The quantitative estimate of drug-likeness (QED) is 0.546. The fraction of sp³-hybridized carbons (Fsp3) is 0.389. The number of aryl methyl sites for hydroxylation is 1. The number of Topliss-reactive ketones (excluding diaryl/α,β-unsaturated/α-hetero) is 1. The maximum absolute atomic E-state index is 12.0. The first-order valence-electron chi connectivity index (χ1n) is 7.65. The number of allylic oxidation sites excluding steroid dienone is 3. The number of hydrogen-bond donors (Lipinski definition) is 0. The monoisotopic (exact) mass is 299 g/mol. The minimum atomic E-state index is -0.165. The molecule has 1 heterocycles. The van der Waals surface area contributed by atoms with Crippen molar-refractivity contribution in [1.82, 2.24) is 4.98 Å². The smallest absolute Gasteiger partial charge is 0.223 e. The van der Waals surface area contributed by atoms with Crippen molar-refractivity contribution < 1.29 is 14.3 Å². The molecule has 4 nitrogen and oxygen atoms in total. The number of nitrogens with zero attached hydrogens (tertiary/aromatic N) is 1. The number of pyridine rings is 1. The molecule has 1 aliphatic rings. The topological polar surface area (TPSA) is 56.3 Å². The van der Waals surface area contributed by atoms with E-state index >= 15 is 0 Å². The Hall–Kier alpha value is -2.23. The summed E-state index contributed by atoms with van der Waals surface area (Å²) in [5.41, 5.74) is 1.68. The van der Waals surface area contributed by atoms with Gasteiger partial charge in [-0.1, -0.05) is 18.9 Å². The van der Waals surface area contributed by atoms with E-state index in [1.54, 1.807) is 0 Å². The Morgan fingerprint density at radius 3 is 2.45 bits per heavy atom. The number of ether oxygens (including phenoxy) is 1. The van der Waals surface area contributed by atoms with Crippen LogP contribution in [0.4, 0.5) is 0 Å². The normalized spacial score (nSPS) is 14.6. The zero-order valence-corrected chi connectivity index (χ0v) is 12.9. The van der Waals surface area contributed by atoms with Gasteiger partial charge in [-0.25, -0.2) is 0 Å². The van der Waals surface area contributed by atoms with Gasteiger partial charge in [0.15, 0.2) is 11.5 Å². The van der Waals surface area contributed by atoms with Crippen LogP contribution in [0.1, 0.15) is 37.8 Å². The molecule has 0 fully saturated rings. The van der Waals surface area contributed by atoms with Crippen LogP contribution in [0.3, 0.4) is 0 Å². The van der Waals surface area contributed by atoms with Crippen LogP contribution in [0.2, 0.25) is 0 Å². The zero-order valence-electron chi connectivity index (χ0n) is 12.9. The van der Waals surface area contributed by atoms with Gasteiger partial charge in [-0.3, -0.25) is 14.6 Å². The number of carbonyl (C=O) groups is 2. The number of hydrogen-bond acceptors (Lipinski definition) is 4. The fourth-order valence-corrected chi connectivity index (χ4v) is 2.49. The van der Waals surface area contributed by atoms with Crippen molar-refractivity contribution in [2.75, 3.05) is 7.11 Å². The fourth-order valence-electron chi connectivity index (χ4n) is 2.49. The van der Waals surface area contributed by atoms with Crippen LogP contribution in [0.25, 0.3) is 0 Å². The molecule has 0 aliphatic heterocycles. The van der Waals surface area contributed by atoms with Gasteiger partial charge in [0.25, 0.3) is 0 Å². The molecule has 0 spiro atoms. The number of unbranched alkanes of at least 4 members (excludes halogenated alkanes) is 3. The van der Waals surface area contributed by atoms with Gasteiger partial charge < -0.3 is 4.74 Å². The van der Waals surface area contributed by atoms with Gasteiger partial charge >= 0.3 is 0 Å². The first-order valence-corrected chi connectivity index (χ1v) is 7.65. The number of carbonyl (C=O) groups excluding carboxylic acids is 2. The maximum atomic E-state index is 12.0. The van der Waals surface area contributed by atoms with E-state index in [-0.39, 0.29) is 17.3 Å². The van der Waals surface area contributed by atoms with Crippen molar-refractivity contribution >= 4 is 11.6 Å². The minimum absolute atomic E-state index is 0.151. The molecule has 1 aliphatic carbocycles. The number of aromatic nitrogens is 1. The molecule has 0 unspecified atom stereocenters. The molecule has 0 radical (unpaired) electrons. The van der Waals surface area contributed by atoms with Crippen molar-refractivity contribution in [3.8, 4) is 0 Å². The van der Waals surface area contributed by atoms with Gasteiger partial charge in [-0.05, 0) is 43.9 Å². The molecule has 0 atom stereocenters. The SMILES string of the molecule is COC1=CC(=O)C=C(CCCCCCc2ccccn2)C1=O. The Kier molecular flexibility index (Phi) is 6.07. The van der Waals surface area contributed by atoms with E-state index in [2.05, 4.69) is 4.98 Å². The molecule has 2 rings (SSSR count). The summed E-state index contributed by atoms with van der Waals surface area (Å²) < 4.78 is 4.94. The van der Waals surface area contributed by atoms with Crippen molar-refractivity contribution in [2.24, 2.45) is 0 Å². The molecule has 0 amide bonds. The van der Waals surface area contributed by atoms with Gasteiger partial charge in [-0.2, -0.15) is 0 Å². The Morgan fingerprint density at radius 2 is 1.77 bits per heavy atom. The van der Waals surface area contributed by atoms with Crippen LogP contribution >= 0.6 is 0 Å². The van der Waals surface area contributed by atoms with Crippen LogP contribution in [-0.2, 0) is 20.7 Å². The molecule has 0 bridgehead atoms. The first-order chi connectivity index (χ1) is 10.7. The van der Waals surface area contributed by atoms with Gasteiger partial charge in [0, 0.05) is 23.5 Å². The van der Waals surface area contributed by atoms with Crippen molar-refractivity contribution in [3.05, 3.63) is 53.6 Å². The Morgan fingerprint density at radius 1 is 1.00 bits per heavy atom. The first kappa shape index (κ1) is 16.1. The van der Waals surface area contributed by atoms with E-state index in [1.807, 2.05) is 24.4 Å². The number of ketones is 2. The summed E-state index contributed by atoms with van der Waals surface area (Å²) in [7, 11) is 1.41. The molecule has 0 saturated carbocycles. The Balaban J connectivity index is 1.66. The van der Waals surface area contributed by atoms with Gasteiger partial charge in [0.1, 0.15) is 0 Å². The highest BCUT2D eigenvalue weighted by molar-refractivity contribution is 6.19. The van der Waals surface area contributed by atoms with E-state index in [4.69, 9.17) is 4.74 Å². The highest BCUT2D eigenvalue weighted by atomic mass is 16.5. The molecule has 4 heteroatoms. The van der Waals surface area contributed by atoms with Crippen LogP contribution in [0.5, 0.6) is 0 Å². The summed E-state index contributed by atoms with van der Waals surface area (Å²) in [6.07, 6.45) is 10.2. The summed E-state index contributed by atoms with van der Waals surface area (Å²) >= 11 is 0. The lowest BCUT2D eigenvalue weighted by Crippen LogP contribution is -2.15. The highest BCUT2D eigenvalue weighted by Gasteiger charge is 2.21. The van der Waals surface area contributed by atoms with E-state index in [1.165, 1.54) is 19.3 Å². The summed E-state index contributed by atoms with van der Waals surface area (Å²) in [6, 6.07) is 5.96. The van der Waals surface area contributed by atoms with E-state index in [0.717, 1.165) is 37.8 Å². The second-order valence-corrected chi connectivity index (χ2v) is 5.35. The zero-order chi connectivity index (χ0) is 15.8. The molecule has 116 valence electrons. The second-order valence-electron chi connectivity index (χ2n) is 5.35. The van der Waals surface area contributed by atoms with Crippen LogP contribution in [0.15, 0.2) is 47.9 Å². The van der Waals surface area contributed by atoms with Crippen LogP contribution in [-0.4, -0.2) is 23.7 Å². The molecular weight excluding hydrogens is 278 g/mol. The van der Waals surface area contributed by atoms with Gasteiger partial charge in [0.05, 0.1) is 7.11 Å². The highest BCUT2D eigenvalue weighted by Crippen LogP contribution is 2.19. The average Bonchev–Trinajstić information content (AvgIpc) is 2.54. The molecular formula is C18H21NO3. The van der Waals surface area contributed by atoms with E-state index in [0.29, 0.717) is 12.0 Å². The van der Waals surface area contributed by atoms with E-state index in [9.17, 15) is 9.59 Å². The van der Waals surface area contributed by atoms with Crippen molar-refractivity contribution in [1.29, 1.82) is 0 Å². The number of methoxy groups -OCH3 is 1. The lowest BCUT2D eigenvalue weighted by molar-refractivity contribution is -0.117. The molecule has 22 heavy (non-hydrogen) atoms. The lowest BCUT2D eigenvalue weighted by Gasteiger charge is -2.12. The van der Waals surface area contributed by atoms with Crippen LogP contribution < -0.4 is 0 Å². The summed E-state index contributed by atoms with van der Waals surface area (Å²) in [6.45, 7) is 0. The second kappa shape index (κ2) is 8.27. The standard InChI is InChI=1S/C18H21NO3/c1-22-17-13-16(20)12-14(18(17)21)8-4-2-3-5-9-15-10-6-7-11-19-15/h6-7,10-13H,2-5,8-9H2,1H3. The minimum Gasteiger partial charge on any atom is -0.493 e. The molecule has 1 aromatic heterocycles. The summed E-state index contributed by atoms with van der Waals surface area (Å²) in [5.74, 6) is -0.171. The Bertz CT molecular complexity index is 588. The maximum Gasteiger partial charge on any atom is 0.223 e. The average molecular weight is 299 g/mol. The molecule has 1 aromatic rings. The third-order valence-corrected chi connectivity index (χ3v) is 3.68. The summed E-state index contributed by atoms with van der Waals surface area (Å²) in [5, 5.41) is 0.